The molecule has 0 spiro atoms. The molecule has 31 heteroatoms. The molecule has 134 heavy (non-hydrogen) atoms. The predicted molar refractivity (Wildman–Crippen MR) is 519 cm³/mol. The zero-order valence-corrected chi connectivity index (χ0v) is 80.5. The highest BCUT2D eigenvalue weighted by atomic mass is 32.2. The van der Waals surface area contributed by atoms with Gasteiger partial charge < -0.3 is 56.9 Å². The standard InChI is InChI=1S/C103H133N11O17S3/c1-6-88(117)71(44-74-54-109-82-24-12-10-22-79(74)82)48-92(121)70(43-65-19-8-7-9-20-65)50-94(123)85-27-15-35-111(85)98(127)33-32-89(118)72(45-75-55-110-83-25-13-11-23-80(75)83)51-95(124)86-28-18-38-114(86)102(131)77(39-64(5)115)61-134-59-68-41-66-40-67(42-68)58-133-60-76(99(105)128)46-78(116)30-31-90(119)84-26-16-37-113(84)101(130)69(21-14-34-108-103(106)107)47-91(120)73(52-97(104)126)49-93(122)81(62(2)3)53-96(125)87-29-17-36-112(87)100(129)63(4)56-132-57-66/h7-13,19-20,22-25,40-42,54-55,62-63,69-73,76-77,81,84-87,109-110H,6,14-18,21,26-39,43-53,56-61H2,1-5H3,(H2,104,126)(H2,105,128)(H4,106,107,108)/t63-,69+,70+,71+,72+,73-,76-,77-,81-,84-,85-,86-,87-/m1/s1. The van der Waals surface area contributed by atoms with Crippen LogP contribution in [0.15, 0.2) is 109 Å². The Bertz CT molecular complexity index is 5280. The highest BCUT2D eigenvalue weighted by molar-refractivity contribution is 7.99. The van der Waals surface area contributed by atoms with Crippen LogP contribution in [-0.4, -0.2) is 209 Å². The van der Waals surface area contributed by atoms with E-state index in [9.17, 15) is 71.9 Å². The lowest BCUT2D eigenvalue weighted by molar-refractivity contribution is -0.143. The van der Waals surface area contributed by atoms with E-state index in [0.717, 1.165) is 55.2 Å². The molecule has 0 saturated carbocycles. The molecule has 10 N–H and O–H groups in total. The molecule has 4 fully saturated rings. The Labute approximate surface area is 797 Å². The van der Waals surface area contributed by atoms with E-state index >= 15 is 9.59 Å². The first-order valence-corrected chi connectivity index (χ1v) is 51.3. The Balaban J connectivity index is 0.765. The Morgan fingerprint density at radius 2 is 1.12 bits per heavy atom. The van der Waals surface area contributed by atoms with Crippen LogP contribution in [0.5, 0.6) is 0 Å². The Morgan fingerprint density at radius 3 is 1.72 bits per heavy atom. The van der Waals surface area contributed by atoms with E-state index in [1.807, 2.05) is 116 Å². The van der Waals surface area contributed by atoms with Gasteiger partial charge in [-0.15, -0.1) is 0 Å². The van der Waals surface area contributed by atoms with Gasteiger partial charge in [0.2, 0.25) is 35.4 Å². The van der Waals surface area contributed by atoms with Crippen molar-refractivity contribution >= 4 is 162 Å². The number of nitrogens with zero attached hydrogens (tertiary/aromatic N) is 4. The molecule has 4 saturated heterocycles. The minimum atomic E-state index is -1.25. The van der Waals surface area contributed by atoms with Gasteiger partial charge in [0.25, 0.3) is 0 Å². The van der Waals surface area contributed by atoms with E-state index in [1.165, 1.54) is 52.0 Å². The summed E-state index contributed by atoms with van der Waals surface area (Å²) in [4.78, 5) is 256. The van der Waals surface area contributed by atoms with Crippen molar-refractivity contribution in [1.82, 2.24) is 34.9 Å². The second kappa shape index (κ2) is 50.3. The third-order valence-corrected chi connectivity index (χ3v) is 31.1. The summed E-state index contributed by atoms with van der Waals surface area (Å²) in [6, 6.07) is 27.4. The number of aromatic nitrogens is 2. The lowest BCUT2D eigenvalue weighted by Crippen LogP contribution is -2.45. The summed E-state index contributed by atoms with van der Waals surface area (Å²) < 4.78 is 0. The van der Waals surface area contributed by atoms with Gasteiger partial charge in [-0.2, -0.15) is 35.3 Å². The number of hydrogen-bond donors (Lipinski definition) is 7. The number of carbonyl (C=O) groups excluding carboxylic acids is 17. The van der Waals surface area contributed by atoms with Crippen LogP contribution in [0, 0.1) is 64.6 Å². The molecule has 720 valence electrons. The smallest absolute Gasteiger partial charge is 0.227 e. The monoisotopic (exact) mass is 1890 g/mol. The topological polar surface area (TPSA) is 449 Å². The van der Waals surface area contributed by atoms with Gasteiger partial charge in [-0.05, 0) is 142 Å². The van der Waals surface area contributed by atoms with Gasteiger partial charge in [-0.1, -0.05) is 113 Å². The van der Waals surface area contributed by atoms with Crippen molar-refractivity contribution in [3.8, 4) is 0 Å². The molecule has 0 radical (unpaired) electrons. The van der Waals surface area contributed by atoms with Gasteiger partial charge in [-0.3, -0.25) is 82.1 Å². The number of nitrogens with one attached hydrogen (secondary N) is 4. The number of rotatable bonds is 36. The zero-order chi connectivity index (χ0) is 96.4. The van der Waals surface area contributed by atoms with Gasteiger partial charge in [0.15, 0.2) is 29.1 Å². The third kappa shape index (κ3) is 29.0. The van der Waals surface area contributed by atoms with Crippen molar-refractivity contribution in [2.45, 2.75) is 249 Å². The summed E-state index contributed by atoms with van der Waals surface area (Å²) in [5.74, 6) is -13.3. The number of aromatic amines is 2. The maximum Gasteiger partial charge on any atom is 0.227 e. The molecule has 2 bridgehead atoms. The molecule has 0 aliphatic carbocycles. The number of H-pyrrole nitrogens is 2. The number of carbonyl (C=O) groups is 17. The van der Waals surface area contributed by atoms with Crippen molar-refractivity contribution in [2.24, 2.45) is 76.4 Å². The second-order valence-electron chi connectivity index (χ2n) is 37.9. The number of primary amides is 2. The Hall–Kier alpha value is -10.5. The fraction of sp³-hybridized carbons (Fsp3) is 0.553. The number of guanidine groups is 1. The second-order valence-corrected chi connectivity index (χ2v) is 41.0. The summed E-state index contributed by atoms with van der Waals surface area (Å²) in [6.45, 7) is 9.75. The SMILES string of the molecule is CCC(=O)[C@H](CC(=O)[C@H](CC(=O)[C@H]1CCCN1C(=O)CCC(=O)[C@H](CC(=O)[C@H]1CCCN1C(=O)[C@@H](CSCc1cc2cc(c1)CSC[C@@H](C)C(=O)N1CCC[C@@H]1C(=O)C[C@H](C(C)C)C(=O)C[C@H](CC(N)=O)C(=O)C[C@H](CCCNC(=N)N)C(=O)N1CCC[C@@H]1C(=O)CCC(=O)C[C@@H](C(N)=O)CSC2)CC(C)=O)Cc1c[nH]c2ccccc12)Cc1ccccc1)Cc1c[nH]c2ccccc12. The minimum absolute atomic E-state index is 0.0504. The molecule has 5 aliphatic rings. The first-order chi connectivity index (χ1) is 64.2. The van der Waals surface area contributed by atoms with Crippen molar-refractivity contribution in [2.75, 3.05) is 50.0 Å². The van der Waals surface area contributed by atoms with Crippen molar-refractivity contribution in [3.63, 3.8) is 0 Å². The molecule has 13 atom stereocenters. The average molecular weight is 1890 g/mol. The number of nitrogens with two attached hydrogens (primary N) is 3. The molecule has 11 rings (SSSR count). The fourth-order valence-electron chi connectivity index (χ4n) is 20.3. The summed E-state index contributed by atoms with van der Waals surface area (Å²) in [5, 5.41) is 12.2. The van der Waals surface area contributed by atoms with Crippen LogP contribution in [0.25, 0.3) is 21.8 Å². The van der Waals surface area contributed by atoms with Crippen LogP contribution < -0.4 is 22.5 Å². The first-order valence-electron chi connectivity index (χ1n) is 47.8. The van der Waals surface area contributed by atoms with E-state index < -0.39 is 138 Å². The van der Waals surface area contributed by atoms with Crippen LogP contribution in [0.4, 0.5) is 0 Å². The lowest BCUT2D eigenvalue weighted by Gasteiger charge is -2.29. The molecule has 28 nitrogen and oxygen atoms in total. The summed E-state index contributed by atoms with van der Waals surface area (Å²) in [5.41, 5.74) is 24.2. The molecule has 5 aliphatic heterocycles. The molecule has 7 heterocycles. The van der Waals surface area contributed by atoms with Crippen LogP contribution >= 0.6 is 35.3 Å². The number of Topliss-reactive ketones (excluding diaryl/α,β-unsaturated/α-hetero) is 11. The summed E-state index contributed by atoms with van der Waals surface area (Å²) in [7, 11) is 0. The van der Waals surface area contributed by atoms with Gasteiger partial charge in [0.1, 0.15) is 40.5 Å². The first kappa shape index (κ1) is 104. The number of ketones is 11. The molecule has 0 unspecified atom stereocenters. The molecule has 6 aromatic rings. The largest absolute Gasteiger partial charge is 0.370 e. The molecular weight excluding hydrogens is 1760 g/mol. The highest BCUT2D eigenvalue weighted by Gasteiger charge is 2.45. The van der Waals surface area contributed by atoms with Crippen LogP contribution in [-0.2, 0) is 118 Å². The number of benzene rings is 4. The number of amides is 6. The summed E-state index contributed by atoms with van der Waals surface area (Å²) in [6.07, 6.45) is 5.04. The van der Waals surface area contributed by atoms with Crippen LogP contribution in [0.2, 0.25) is 0 Å². The number of likely N-dealkylation sites (tertiary alicyclic amines) is 2. The van der Waals surface area contributed by atoms with Crippen LogP contribution in [0.3, 0.4) is 0 Å². The van der Waals surface area contributed by atoms with E-state index in [2.05, 4.69) is 15.3 Å². The fourth-order valence-corrected chi connectivity index (χ4v) is 23.4. The van der Waals surface area contributed by atoms with E-state index in [-0.39, 0.29) is 210 Å². The van der Waals surface area contributed by atoms with Gasteiger partial charge in [0.05, 0.1) is 36.0 Å². The minimum Gasteiger partial charge on any atom is -0.370 e. The Kier molecular flexibility index (Phi) is 39.1. The maximum atomic E-state index is 15.2. The zero-order valence-electron chi connectivity index (χ0n) is 78.0. The van der Waals surface area contributed by atoms with Crippen molar-refractivity contribution in [1.29, 1.82) is 5.41 Å². The summed E-state index contributed by atoms with van der Waals surface area (Å²) >= 11 is 4.34. The highest BCUT2D eigenvalue weighted by Crippen LogP contribution is 2.37. The van der Waals surface area contributed by atoms with Crippen molar-refractivity contribution in [3.05, 3.63) is 143 Å². The Morgan fingerprint density at radius 1 is 0.560 bits per heavy atom. The van der Waals surface area contributed by atoms with Gasteiger partial charge in [0, 0.05) is 233 Å². The average Bonchev–Trinajstić information content (AvgIpc) is 1.67. The predicted octanol–water partition coefficient (Wildman–Crippen LogP) is 12.3. The van der Waals surface area contributed by atoms with Crippen LogP contribution in [0.1, 0.15) is 222 Å². The number of para-hydroxylation sites is 2. The van der Waals surface area contributed by atoms with Crippen molar-refractivity contribution < 1.29 is 81.5 Å². The number of thioether (sulfide) groups is 3. The normalized spacial score (nSPS) is 22.3. The van der Waals surface area contributed by atoms with E-state index in [0.29, 0.717) is 80.9 Å². The maximum absolute atomic E-state index is 15.2. The lowest BCUT2D eigenvalue weighted by atomic mass is 9.79. The third-order valence-electron chi connectivity index (χ3n) is 27.5. The van der Waals surface area contributed by atoms with E-state index in [4.69, 9.17) is 22.6 Å². The number of fused-ring (bicyclic) bond motifs is 6. The van der Waals surface area contributed by atoms with E-state index in [1.54, 1.807) is 30.6 Å². The number of hydrogen-bond acceptors (Lipinski definition) is 21. The van der Waals surface area contributed by atoms with Gasteiger partial charge >= 0.3 is 0 Å². The quantitative estimate of drug-likeness (QED) is 0.0109. The molecule has 6 amide bonds. The molecule has 2 aromatic heterocycles. The molecular formula is C103H133N11O17S3. The van der Waals surface area contributed by atoms with Gasteiger partial charge in [-0.25, -0.2) is 0 Å². The molecule has 4 aromatic carbocycles.